The molecule has 0 spiro atoms. The zero-order valence-electron chi connectivity index (χ0n) is 14.4. The van der Waals surface area contributed by atoms with Crippen LogP contribution in [0.4, 0.5) is 5.69 Å². The molecule has 1 saturated heterocycles. The number of thiocarbonyl (C=S) groups is 1. The smallest absolute Gasteiger partial charge is 0.250 e. The minimum absolute atomic E-state index is 0.255. The molecule has 1 amide bonds. The lowest BCUT2D eigenvalue weighted by atomic mass is 10.2. The third kappa shape index (κ3) is 5.80. The molecule has 0 bridgehead atoms. The minimum atomic E-state index is -0.313. The summed E-state index contributed by atoms with van der Waals surface area (Å²) in [6, 6.07) is 11.6. The van der Waals surface area contributed by atoms with Crippen molar-refractivity contribution in [1.29, 1.82) is 0 Å². The highest BCUT2D eigenvalue weighted by molar-refractivity contribution is 7.80. The van der Waals surface area contributed by atoms with Gasteiger partial charge in [0.1, 0.15) is 25.4 Å². The van der Waals surface area contributed by atoms with E-state index in [9.17, 15) is 4.79 Å². The second kappa shape index (κ2) is 9.28. The predicted octanol–water partition coefficient (Wildman–Crippen LogP) is 1.22. The van der Waals surface area contributed by atoms with Gasteiger partial charge in [0.05, 0.1) is 19.5 Å². The van der Waals surface area contributed by atoms with E-state index in [-0.39, 0.29) is 11.0 Å². The molecule has 0 aliphatic carbocycles. The van der Waals surface area contributed by atoms with Gasteiger partial charge >= 0.3 is 0 Å². The molecule has 1 aromatic carbocycles. The second-order valence-corrected chi connectivity index (χ2v) is 6.44. The number of hydrogen-bond donors (Lipinski definition) is 3. The lowest BCUT2D eigenvalue weighted by molar-refractivity contribution is -0.921. The van der Waals surface area contributed by atoms with Crippen LogP contribution in [0.15, 0.2) is 53.2 Å². The Morgan fingerprint density at radius 3 is 2.65 bits per heavy atom. The number of nitrogens with one attached hydrogen (secondary N) is 3. The number of morpholine rings is 1. The second-order valence-electron chi connectivity index (χ2n) is 6.03. The first kappa shape index (κ1) is 18.3. The molecule has 26 heavy (non-hydrogen) atoms. The quantitative estimate of drug-likeness (QED) is 0.544. The van der Waals surface area contributed by atoms with Crippen molar-refractivity contribution in [2.45, 2.75) is 6.54 Å². The van der Waals surface area contributed by atoms with Crippen LogP contribution < -0.4 is 15.5 Å². The van der Waals surface area contributed by atoms with E-state index in [0.717, 1.165) is 38.5 Å². The van der Waals surface area contributed by atoms with Crippen LogP contribution in [-0.4, -0.2) is 37.3 Å². The van der Waals surface area contributed by atoms with Gasteiger partial charge in [-0.1, -0.05) is 12.1 Å². The summed E-state index contributed by atoms with van der Waals surface area (Å²) in [6.45, 7) is 4.74. The number of hydrogen-bond acceptors (Lipinski definition) is 4. The number of ether oxygens (including phenoxy) is 1. The highest BCUT2D eigenvalue weighted by Crippen LogP contribution is 2.09. The Balaban J connectivity index is 1.45. The first-order valence-electron chi connectivity index (χ1n) is 8.53. The summed E-state index contributed by atoms with van der Waals surface area (Å²) < 4.78 is 10.5. The molecule has 2 aromatic rings. The van der Waals surface area contributed by atoms with E-state index in [4.69, 9.17) is 21.4 Å². The predicted molar refractivity (Wildman–Crippen MR) is 104 cm³/mol. The van der Waals surface area contributed by atoms with Crippen LogP contribution in [0.3, 0.4) is 0 Å². The van der Waals surface area contributed by atoms with Crippen molar-refractivity contribution in [3.63, 3.8) is 0 Å². The summed E-state index contributed by atoms with van der Waals surface area (Å²) in [5.41, 5.74) is 2.11. The van der Waals surface area contributed by atoms with Gasteiger partial charge in [-0.05, 0) is 42.6 Å². The van der Waals surface area contributed by atoms with E-state index in [0.29, 0.717) is 5.76 Å². The molecule has 0 unspecified atom stereocenters. The number of carbonyl (C=O) groups is 1. The molecule has 1 aliphatic rings. The van der Waals surface area contributed by atoms with Crippen LogP contribution in [0, 0.1) is 0 Å². The average Bonchev–Trinajstić information content (AvgIpc) is 3.16. The Morgan fingerprint density at radius 2 is 1.96 bits per heavy atom. The zero-order valence-corrected chi connectivity index (χ0v) is 15.2. The molecule has 1 fully saturated rings. The Morgan fingerprint density at radius 1 is 1.19 bits per heavy atom. The molecule has 1 aliphatic heterocycles. The third-order valence-electron chi connectivity index (χ3n) is 4.04. The topological polar surface area (TPSA) is 67.9 Å². The van der Waals surface area contributed by atoms with Crippen molar-refractivity contribution in [3.05, 3.63) is 60.1 Å². The normalized spacial score (nSPS) is 15.1. The molecule has 7 heteroatoms. The van der Waals surface area contributed by atoms with Crippen LogP contribution in [0.2, 0.25) is 0 Å². The summed E-state index contributed by atoms with van der Waals surface area (Å²) in [4.78, 5) is 13.4. The Kier molecular flexibility index (Phi) is 6.54. The van der Waals surface area contributed by atoms with E-state index in [1.165, 1.54) is 16.5 Å². The number of benzene rings is 1. The van der Waals surface area contributed by atoms with Crippen LogP contribution in [0.1, 0.15) is 11.3 Å². The van der Waals surface area contributed by atoms with Crippen molar-refractivity contribution < 1.29 is 18.8 Å². The number of carbonyl (C=O) groups excluding carboxylic acids is 1. The van der Waals surface area contributed by atoms with Crippen LogP contribution >= 0.6 is 12.2 Å². The molecule has 136 valence electrons. The molecular formula is C19H22N3O3S+. The Labute approximate surface area is 157 Å². The highest BCUT2D eigenvalue weighted by Gasteiger charge is 2.14. The summed E-state index contributed by atoms with van der Waals surface area (Å²) in [5, 5.41) is 5.87. The van der Waals surface area contributed by atoms with E-state index in [1.54, 1.807) is 24.5 Å². The number of amides is 1. The van der Waals surface area contributed by atoms with Crippen molar-refractivity contribution in [3.8, 4) is 0 Å². The van der Waals surface area contributed by atoms with Gasteiger partial charge in [0, 0.05) is 17.3 Å². The largest absolute Gasteiger partial charge is 0.465 e. The summed E-state index contributed by atoms with van der Waals surface area (Å²) >= 11 is 5.17. The SMILES string of the molecule is O=C(C=Cc1ccco1)NC(=S)Nc1ccc(C[NH+]2CCOCC2)cc1. The van der Waals surface area contributed by atoms with Gasteiger partial charge in [0.25, 0.3) is 0 Å². The number of rotatable bonds is 5. The molecule has 1 aromatic heterocycles. The zero-order chi connectivity index (χ0) is 18.2. The lowest BCUT2D eigenvalue weighted by Crippen LogP contribution is -3.12. The number of anilines is 1. The average molecular weight is 372 g/mol. The van der Waals surface area contributed by atoms with Gasteiger partial charge in [-0.15, -0.1) is 0 Å². The van der Waals surface area contributed by atoms with Gasteiger partial charge in [-0.2, -0.15) is 0 Å². The fourth-order valence-corrected chi connectivity index (χ4v) is 2.91. The maximum Gasteiger partial charge on any atom is 0.250 e. The molecule has 0 atom stereocenters. The van der Waals surface area contributed by atoms with Crippen molar-refractivity contribution in [2.75, 3.05) is 31.6 Å². The fourth-order valence-electron chi connectivity index (χ4n) is 2.69. The van der Waals surface area contributed by atoms with E-state index in [1.807, 2.05) is 12.1 Å². The van der Waals surface area contributed by atoms with E-state index >= 15 is 0 Å². The van der Waals surface area contributed by atoms with Crippen LogP contribution in [-0.2, 0) is 16.1 Å². The van der Waals surface area contributed by atoms with Gasteiger partial charge < -0.3 is 19.4 Å². The van der Waals surface area contributed by atoms with Gasteiger partial charge in [0.15, 0.2) is 5.11 Å². The van der Waals surface area contributed by atoms with Crippen LogP contribution in [0.25, 0.3) is 6.08 Å². The van der Waals surface area contributed by atoms with Crippen LogP contribution in [0.5, 0.6) is 0 Å². The minimum Gasteiger partial charge on any atom is -0.465 e. The molecule has 6 nitrogen and oxygen atoms in total. The third-order valence-corrected chi connectivity index (χ3v) is 4.25. The van der Waals surface area contributed by atoms with Crippen molar-refractivity contribution in [2.24, 2.45) is 0 Å². The highest BCUT2D eigenvalue weighted by atomic mass is 32.1. The first-order chi connectivity index (χ1) is 12.7. The first-order valence-corrected chi connectivity index (χ1v) is 8.94. The Bertz CT molecular complexity index is 751. The van der Waals surface area contributed by atoms with Crippen molar-refractivity contribution >= 4 is 35.0 Å². The molecule has 0 saturated carbocycles. The molecule has 3 rings (SSSR count). The number of furan rings is 1. The number of quaternary nitrogens is 1. The van der Waals surface area contributed by atoms with Gasteiger partial charge in [0.2, 0.25) is 5.91 Å². The molecule has 0 radical (unpaired) electrons. The maximum absolute atomic E-state index is 11.8. The monoisotopic (exact) mass is 372 g/mol. The van der Waals surface area contributed by atoms with Gasteiger partial charge in [-0.25, -0.2) is 0 Å². The molecule has 3 N–H and O–H groups in total. The lowest BCUT2D eigenvalue weighted by Gasteiger charge is -2.23. The van der Waals surface area contributed by atoms with E-state index in [2.05, 4.69) is 22.8 Å². The van der Waals surface area contributed by atoms with Gasteiger partial charge in [-0.3, -0.25) is 10.1 Å². The standard InChI is InChI=1S/C19H21N3O3S/c23-18(8-7-17-2-1-11-25-17)21-19(26)20-16-5-3-15(4-6-16)14-22-9-12-24-13-10-22/h1-8,11H,9-10,12-14H2,(H2,20,21,23,26)/p+1. The maximum atomic E-state index is 11.8. The molecule has 2 heterocycles. The summed E-state index contributed by atoms with van der Waals surface area (Å²) in [7, 11) is 0. The summed E-state index contributed by atoms with van der Waals surface area (Å²) in [6.07, 6.45) is 4.51. The Hall–Kier alpha value is -2.48. The summed E-state index contributed by atoms with van der Waals surface area (Å²) in [5.74, 6) is 0.295. The van der Waals surface area contributed by atoms with Crippen molar-refractivity contribution in [1.82, 2.24) is 5.32 Å². The molecular weight excluding hydrogens is 350 g/mol. The van der Waals surface area contributed by atoms with E-state index < -0.39 is 0 Å². The fraction of sp³-hybridized carbons (Fsp3) is 0.263.